The highest BCUT2D eigenvalue weighted by Gasteiger charge is 2.35. The fourth-order valence-electron chi connectivity index (χ4n) is 4.71. The molecular formula is C29H35NO6. The fourth-order valence-corrected chi connectivity index (χ4v) is 4.71. The van der Waals surface area contributed by atoms with Crippen molar-refractivity contribution in [3.63, 3.8) is 0 Å². The number of nitrogens with zero attached hydrogens (tertiary/aromatic N) is 1. The number of carbonyl (C=O) groups excluding carboxylic acids is 2. The molecule has 1 N–H and O–H groups in total. The van der Waals surface area contributed by atoms with Gasteiger partial charge in [0.2, 0.25) is 11.7 Å². The van der Waals surface area contributed by atoms with Gasteiger partial charge in [-0.05, 0) is 31.4 Å². The summed E-state index contributed by atoms with van der Waals surface area (Å²) in [5, 5.41) is 8.73. The van der Waals surface area contributed by atoms with E-state index in [2.05, 4.69) is 0 Å². The fraction of sp³-hybridized carbons (Fsp3) is 0.414. The second kappa shape index (κ2) is 13.1. The van der Waals surface area contributed by atoms with Crippen molar-refractivity contribution in [2.75, 3.05) is 20.8 Å². The van der Waals surface area contributed by atoms with Crippen molar-refractivity contribution >= 4 is 17.7 Å². The first-order valence-corrected chi connectivity index (χ1v) is 12.4. The summed E-state index contributed by atoms with van der Waals surface area (Å²) in [6.45, 7) is 0.617. The topological polar surface area (TPSA) is 93.1 Å². The number of ether oxygens (including phenoxy) is 2. The average molecular weight is 494 g/mol. The number of allylic oxidation sites excluding steroid dienone is 1. The van der Waals surface area contributed by atoms with Crippen LogP contribution in [0.15, 0.2) is 66.7 Å². The largest absolute Gasteiger partial charge is 0.481 e. The lowest BCUT2D eigenvalue weighted by molar-refractivity contribution is -0.183. The smallest absolute Gasteiger partial charge is 0.303 e. The molecule has 2 aromatic carbocycles. The Balaban J connectivity index is 1.67. The molecule has 7 heteroatoms. The van der Waals surface area contributed by atoms with E-state index in [1.807, 2.05) is 53.4 Å². The molecule has 1 amide bonds. The molecule has 0 radical (unpaired) electrons. The van der Waals surface area contributed by atoms with Crippen LogP contribution in [0.4, 0.5) is 0 Å². The monoisotopic (exact) mass is 493 g/mol. The SMILES string of the molecule is COC(OC)(c1ccccc1)c1cccc(C(=O)/C=C/[C@H]2CCC(=O)N2CCCCCCC(=O)O)c1. The Hall–Kier alpha value is -3.29. The Morgan fingerprint density at radius 2 is 1.69 bits per heavy atom. The highest BCUT2D eigenvalue weighted by atomic mass is 16.7. The Kier molecular flexibility index (Phi) is 9.96. The predicted molar refractivity (Wildman–Crippen MR) is 137 cm³/mol. The zero-order chi connectivity index (χ0) is 26.0. The maximum Gasteiger partial charge on any atom is 0.303 e. The molecule has 1 heterocycles. The number of aliphatic carboxylic acids is 1. The van der Waals surface area contributed by atoms with Gasteiger partial charge in [-0.25, -0.2) is 0 Å². The third-order valence-corrected chi connectivity index (χ3v) is 6.64. The maximum absolute atomic E-state index is 13.0. The summed E-state index contributed by atoms with van der Waals surface area (Å²) in [5.41, 5.74) is 2.03. The third kappa shape index (κ3) is 6.68. The minimum absolute atomic E-state index is 0.0949. The molecule has 7 nitrogen and oxygen atoms in total. The van der Waals surface area contributed by atoms with E-state index >= 15 is 0 Å². The standard InChI is InChI=1S/C29H35NO6/c1-35-29(36-2,23-12-6-5-7-13-23)24-14-10-11-22(21-24)26(31)18-16-25-17-19-27(32)30(25)20-9-4-3-8-15-28(33)34/h5-7,10-14,16,18,21,25H,3-4,8-9,15,17,19-20H2,1-2H3,(H,33,34)/b18-16+/t25-/m0/s1. The number of likely N-dealkylation sites (tertiary alicyclic amines) is 1. The van der Waals surface area contributed by atoms with Crippen LogP contribution in [0.5, 0.6) is 0 Å². The lowest BCUT2D eigenvalue weighted by Gasteiger charge is -2.32. The van der Waals surface area contributed by atoms with Crippen LogP contribution in [0.1, 0.15) is 66.4 Å². The van der Waals surface area contributed by atoms with Crippen LogP contribution in [-0.4, -0.2) is 54.5 Å². The number of carbonyl (C=O) groups is 3. The second-order valence-electron chi connectivity index (χ2n) is 8.95. The minimum atomic E-state index is -1.14. The summed E-state index contributed by atoms with van der Waals surface area (Å²) in [6.07, 6.45) is 7.88. The molecule has 1 saturated heterocycles. The minimum Gasteiger partial charge on any atom is -0.481 e. The van der Waals surface area contributed by atoms with E-state index in [0.717, 1.165) is 24.8 Å². The van der Waals surface area contributed by atoms with Crippen molar-refractivity contribution in [2.45, 2.75) is 56.8 Å². The van der Waals surface area contributed by atoms with Gasteiger partial charge in [-0.15, -0.1) is 0 Å². The first-order chi connectivity index (χ1) is 17.4. The van der Waals surface area contributed by atoms with Gasteiger partial charge in [-0.3, -0.25) is 14.4 Å². The number of ketones is 1. The predicted octanol–water partition coefficient (Wildman–Crippen LogP) is 4.95. The van der Waals surface area contributed by atoms with Gasteiger partial charge in [0.15, 0.2) is 5.78 Å². The third-order valence-electron chi connectivity index (χ3n) is 6.64. The van der Waals surface area contributed by atoms with Crippen LogP contribution >= 0.6 is 0 Å². The molecule has 0 saturated carbocycles. The summed E-state index contributed by atoms with van der Waals surface area (Å²) in [6, 6.07) is 16.7. The lowest BCUT2D eigenvalue weighted by atomic mass is 9.94. The molecule has 36 heavy (non-hydrogen) atoms. The number of methoxy groups -OCH3 is 2. The number of rotatable bonds is 14. The first-order valence-electron chi connectivity index (χ1n) is 12.4. The van der Waals surface area contributed by atoms with E-state index in [-0.39, 0.29) is 24.2 Å². The Bertz CT molecular complexity index is 1060. The van der Waals surface area contributed by atoms with Crippen LogP contribution in [0, 0.1) is 0 Å². The lowest BCUT2D eigenvalue weighted by Crippen LogP contribution is -2.33. The van der Waals surface area contributed by atoms with Crippen LogP contribution in [0.25, 0.3) is 0 Å². The van der Waals surface area contributed by atoms with Crippen LogP contribution in [0.2, 0.25) is 0 Å². The normalized spacial score (nSPS) is 16.1. The van der Waals surface area contributed by atoms with E-state index in [1.165, 1.54) is 0 Å². The highest BCUT2D eigenvalue weighted by molar-refractivity contribution is 6.04. The van der Waals surface area contributed by atoms with Gasteiger partial charge < -0.3 is 19.5 Å². The maximum atomic E-state index is 13.0. The average Bonchev–Trinajstić information content (AvgIpc) is 3.25. The van der Waals surface area contributed by atoms with Gasteiger partial charge in [0.05, 0.1) is 6.04 Å². The number of carboxylic acid groups (broad SMARTS) is 1. The number of unbranched alkanes of at least 4 members (excludes halogenated alkanes) is 3. The van der Waals surface area contributed by atoms with Crippen molar-refractivity contribution in [2.24, 2.45) is 0 Å². The van der Waals surface area contributed by atoms with Crippen molar-refractivity contribution in [3.8, 4) is 0 Å². The number of hydrogen-bond acceptors (Lipinski definition) is 5. The molecule has 2 aromatic rings. The molecule has 1 aliphatic rings. The second-order valence-corrected chi connectivity index (χ2v) is 8.95. The number of amides is 1. The quantitative estimate of drug-likeness (QED) is 0.173. The number of carboxylic acids is 1. The summed E-state index contributed by atoms with van der Waals surface area (Å²) in [5.74, 6) is -1.97. The molecule has 0 unspecified atom stereocenters. The van der Waals surface area contributed by atoms with E-state index in [4.69, 9.17) is 14.6 Å². The molecule has 1 aliphatic heterocycles. The molecule has 192 valence electrons. The Morgan fingerprint density at radius 1 is 1.00 bits per heavy atom. The van der Waals surface area contributed by atoms with Crippen molar-refractivity contribution in [1.82, 2.24) is 4.90 Å². The van der Waals surface area contributed by atoms with Gasteiger partial charge >= 0.3 is 5.97 Å². The molecule has 0 aliphatic carbocycles. The van der Waals surface area contributed by atoms with Crippen LogP contribution < -0.4 is 0 Å². The molecule has 1 atom stereocenters. The van der Waals surface area contributed by atoms with Gasteiger partial charge in [0.1, 0.15) is 0 Å². The van der Waals surface area contributed by atoms with Crippen molar-refractivity contribution < 1.29 is 29.0 Å². The summed E-state index contributed by atoms with van der Waals surface area (Å²) in [4.78, 5) is 37.9. The zero-order valence-corrected chi connectivity index (χ0v) is 21.0. The van der Waals surface area contributed by atoms with E-state index in [9.17, 15) is 14.4 Å². The molecular weight excluding hydrogens is 458 g/mol. The number of hydrogen-bond donors (Lipinski definition) is 1. The summed E-state index contributed by atoms with van der Waals surface area (Å²) >= 11 is 0. The van der Waals surface area contributed by atoms with Crippen molar-refractivity contribution in [1.29, 1.82) is 0 Å². The molecule has 0 spiro atoms. The number of benzene rings is 2. The van der Waals surface area contributed by atoms with Crippen molar-refractivity contribution in [3.05, 3.63) is 83.4 Å². The molecule has 3 rings (SSSR count). The van der Waals surface area contributed by atoms with E-state index < -0.39 is 11.8 Å². The van der Waals surface area contributed by atoms with E-state index in [1.54, 1.807) is 32.4 Å². The van der Waals surface area contributed by atoms with Gasteiger partial charge in [-0.2, -0.15) is 0 Å². The Morgan fingerprint density at radius 3 is 2.39 bits per heavy atom. The van der Waals surface area contributed by atoms with E-state index in [0.29, 0.717) is 36.9 Å². The molecule has 0 aromatic heterocycles. The van der Waals surface area contributed by atoms with Gasteiger partial charge in [0.25, 0.3) is 0 Å². The van der Waals surface area contributed by atoms with Crippen LogP contribution in [-0.2, 0) is 24.8 Å². The zero-order valence-electron chi connectivity index (χ0n) is 21.0. The first kappa shape index (κ1) is 27.3. The summed E-state index contributed by atoms with van der Waals surface area (Å²) < 4.78 is 11.6. The van der Waals surface area contributed by atoms with Gasteiger partial charge in [0, 0.05) is 50.3 Å². The molecule has 1 fully saturated rings. The van der Waals surface area contributed by atoms with Gasteiger partial charge in [-0.1, -0.05) is 67.4 Å². The summed E-state index contributed by atoms with van der Waals surface area (Å²) in [7, 11) is 3.14. The Labute approximate surface area is 212 Å². The highest BCUT2D eigenvalue weighted by Crippen LogP contribution is 2.34. The van der Waals surface area contributed by atoms with Crippen LogP contribution in [0.3, 0.4) is 0 Å². The molecule has 0 bridgehead atoms.